The Morgan fingerprint density at radius 2 is 2.19 bits per heavy atom. The number of hydrogen-bond acceptors (Lipinski definition) is 4. The van der Waals surface area contributed by atoms with Crippen LogP contribution in [0.4, 0.5) is 0 Å². The van der Waals surface area contributed by atoms with Crippen LogP contribution in [0.5, 0.6) is 0 Å². The van der Waals surface area contributed by atoms with E-state index in [0.717, 1.165) is 28.2 Å². The molecule has 0 fully saturated rings. The van der Waals surface area contributed by atoms with Crippen LogP contribution in [0.3, 0.4) is 0 Å². The van der Waals surface area contributed by atoms with Crippen LogP contribution in [-0.2, 0) is 20.1 Å². The van der Waals surface area contributed by atoms with Crippen molar-refractivity contribution in [2.24, 2.45) is 12.0 Å². The quantitative estimate of drug-likeness (QED) is 0.732. The zero-order chi connectivity index (χ0) is 18.6. The highest BCUT2D eigenvalue weighted by molar-refractivity contribution is 6.15. The van der Waals surface area contributed by atoms with Gasteiger partial charge in [-0.15, -0.1) is 0 Å². The molecule has 132 valence electrons. The largest absolute Gasteiger partial charge is 0.346 e. The highest BCUT2D eigenvalue weighted by Gasteiger charge is 2.16. The number of rotatable bonds is 3. The Kier molecular flexibility index (Phi) is 4.50. The average Bonchev–Trinajstić information content (AvgIpc) is 3.30. The van der Waals surface area contributed by atoms with E-state index >= 15 is 0 Å². The van der Waals surface area contributed by atoms with E-state index in [-0.39, 0.29) is 5.91 Å². The van der Waals surface area contributed by atoms with E-state index in [4.69, 9.17) is 0 Å². The van der Waals surface area contributed by atoms with Crippen molar-refractivity contribution < 1.29 is 4.79 Å². The van der Waals surface area contributed by atoms with Crippen LogP contribution in [0.25, 0.3) is 0 Å². The van der Waals surface area contributed by atoms with Crippen molar-refractivity contribution in [2.75, 3.05) is 0 Å². The lowest BCUT2D eigenvalue weighted by Crippen LogP contribution is -2.23. The fourth-order valence-corrected chi connectivity index (χ4v) is 2.83. The molecule has 3 heterocycles. The Bertz CT molecular complexity index is 1090. The molecule has 0 saturated heterocycles. The molecule has 27 heavy (non-hydrogen) atoms. The van der Waals surface area contributed by atoms with Crippen molar-refractivity contribution in [1.82, 2.24) is 19.9 Å². The first-order chi connectivity index (χ1) is 13.2. The number of nitrogens with one attached hydrogen (secondary N) is 1. The topological polar surface area (TPSA) is 72.2 Å². The third-order valence-electron chi connectivity index (χ3n) is 4.31. The van der Waals surface area contributed by atoms with Gasteiger partial charge >= 0.3 is 0 Å². The molecule has 0 aliphatic carbocycles. The lowest BCUT2D eigenvalue weighted by molar-refractivity contribution is 0.0950. The second kappa shape index (κ2) is 7.26. The number of pyridine rings is 1. The van der Waals surface area contributed by atoms with Crippen molar-refractivity contribution >= 4 is 11.6 Å². The number of carbonyl (C=O) groups excluding carboxylic acids is 1. The van der Waals surface area contributed by atoms with Gasteiger partial charge < -0.3 is 9.88 Å². The van der Waals surface area contributed by atoms with E-state index in [0.29, 0.717) is 18.7 Å². The summed E-state index contributed by atoms with van der Waals surface area (Å²) in [5, 5.41) is 2.89. The molecule has 0 spiro atoms. The van der Waals surface area contributed by atoms with Gasteiger partial charge in [0.1, 0.15) is 11.4 Å². The summed E-state index contributed by atoms with van der Waals surface area (Å²) in [5.74, 6) is 6.06. The van der Waals surface area contributed by atoms with Crippen molar-refractivity contribution in [2.45, 2.75) is 13.1 Å². The van der Waals surface area contributed by atoms with Crippen LogP contribution in [0, 0.1) is 11.8 Å². The van der Waals surface area contributed by atoms with Gasteiger partial charge in [0.2, 0.25) is 0 Å². The van der Waals surface area contributed by atoms with Crippen molar-refractivity contribution in [1.29, 1.82) is 0 Å². The minimum atomic E-state index is -0.127. The van der Waals surface area contributed by atoms with Gasteiger partial charge in [-0.2, -0.15) is 0 Å². The van der Waals surface area contributed by atoms with Gasteiger partial charge in [-0.3, -0.25) is 14.8 Å². The van der Waals surface area contributed by atoms with Crippen molar-refractivity contribution in [3.63, 3.8) is 0 Å². The summed E-state index contributed by atoms with van der Waals surface area (Å²) in [6.45, 7) is 0.931. The van der Waals surface area contributed by atoms with Gasteiger partial charge in [0.05, 0.1) is 31.3 Å². The van der Waals surface area contributed by atoms with Crippen molar-refractivity contribution in [3.8, 4) is 11.8 Å². The van der Waals surface area contributed by atoms with Crippen LogP contribution in [0.2, 0.25) is 0 Å². The van der Waals surface area contributed by atoms with E-state index in [1.165, 1.54) is 0 Å². The fourth-order valence-electron chi connectivity index (χ4n) is 2.83. The maximum absolute atomic E-state index is 12.4. The normalized spacial score (nSPS) is 12.0. The molecule has 1 amide bonds. The summed E-state index contributed by atoms with van der Waals surface area (Å²) in [6.07, 6.45) is 5.14. The smallest absolute Gasteiger partial charge is 0.251 e. The first-order valence-electron chi connectivity index (χ1n) is 8.55. The summed E-state index contributed by atoms with van der Waals surface area (Å²) < 4.78 is 1.86. The number of carbonyl (C=O) groups is 1. The number of nitrogens with zero attached hydrogens (tertiary/aromatic N) is 4. The minimum Gasteiger partial charge on any atom is -0.346 e. The highest BCUT2D eigenvalue weighted by Crippen LogP contribution is 2.20. The van der Waals surface area contributed by atoms with Crippen LogP contribution in [0.15, 0.2) is 60.1 Å². The molecule has 1 N–H and O–H groups in total. The minimum absolute atomic E-state index is 0.127. The number of fused-ring (bicyclic) bond motifs is 1. The first kappa shape index (κ1) is 16.7. The molecule has 0 saturated carbocycles. The molecule has 0 bridgehead atoms. The number of amides is 1. The number of hydrogen-bond donors (Lipinski definition) is 1. The van der Waals surface area contributed by atoms with E-state index < -0.39 is 0 Å². The van der Waals surface area contributed by atoms with E-state index in [1.54, 1.807) is 24.8 Å². The Hall–Kier alpha value is -3.72. The first-order valence-corrected chi connectivity index (χ1v) is 8.55. The summed E-state index contributed by atoms with van der Waals surface area (Å²) in [7, 11) is 1.90. The lowest BCUT2D eigenvalue weighted by atomic mass is 10.0. The summed E-state index contributed by atoms with van der Waals surface area (Å²) in [5.41, 5.74) is 4.99. The van der Waals surface area contributed by atoms with E-state index in [9.17, 15) is 4.79 Å². The molecule has 4 rings (SSSR count). The molecule has 0 radical (unpaired) electrons. The van der Waals surface area contributed by atoms with Gasteiger partial charge in [0.15, 0.2) is 0 Å². The molecular formula is C21H17N5O. The SMILES string of the molecule is Cn1cncc1C#CC1=NCc2cc(C(=O)NCc3ccccn3)ccc21. The number of benzene rings is 1. The summed E-state index contributed by atoms with van der Waals surface area (Å²) in [6, 6.07) is 11.2. The highest BCUT2D eigenvalue weighted by atomic mass is 16.1. The molecular weight excluding hydrogens is 338 g/mol. The number of aromatic nitrogens is 3. The summed E-state index contributed by atoms with van der Waals surface area (Å²) >= 11 is 0. The number of aliphatic imine (C=N–C) groups is 1. The number of aryl methyl sites for hydroxylation is 1. The monoisotopic (exact) mass is 355 g/mol. The molecule has 0 atom stereocenters. The predicted molar refractivity (Wildman–Crippen MR) is 102 cm³/mol. The van der Waals surface area contributed by atoms with Crippen LogP contribution in [0.1, 0.15) is 32.9 Å². The molecule has 2 aromatic heterocycles. The maximum Gasteiger partial charge on any atom is 0.251 e. The van der Waals surface area contributed by atoms with E-state index in [2.05, 4.69) is 32.1 Å². The van der Waals surface area contributed by atoms with Crippen molar-refractivity contribution in [3.05, 3.63) is 83.2 Å². The maximum atomic E-state index is 12.4. The molecule has 6 nitrogen and oxygen atoms in total. The zero-order valence-corrected chi connectivity index (χ0v) is 14.8. The molecule has 6 heteroatoms. The molecule has 1 aromatic carbocycles. The van der Waals surface area contributed by atoms with Gasteiger partial charge in [-0.1, -0.05) is 12.1 Å². The van der Waals surface area contributed by atoms with Crippen LogP contribution in [-0.4, -0.2) is 26.2 Å². The predicted octanol–water partition coefficient (Wildman–Crippen LogP) is 2.10. The second-order valence-electron chi connectivity index (χ2n) is 6.18. The Morgan fingerprint density at radius 1 is 1.26 bits per heavy atom. The lowest BCUT2D eigenvalue weighted by Gasteiger charge is -2.06. The van der Waals surface area contributed by atoms with Gasteiger partial charge in [0, 0.05) is 24.4 Å². The second-order valence-corrected chi connectivity index (χ2v) is 6.18. The Morgan fingerprint density at radius 3 is 2.96 bits per heavy atom. The summed E-state index contributed by atoms with van der Waals surface area (Å²) in [4.78, 5) is 25.2. The molecule has 1 aliphatic rings. The van der Waals surface area contributed by atoms with Gasteiger partial charge in [-0.25, -0.2) is 4.98 Å². The third-order valence-corrected chi connectivity index (χ3v) is 4.31. The van der Waals surface area contributed by atoms with Gasteiger partial charge in [-0.05, 0) is 41.7 Å². The van der Waals surface area contributed by atoms with Gasteiger partial charge in [0.25, 0.3) is 5.91 Å². The molecule has 0 unspecified atom stereocenters. The average molecular weight is 355 g/mol. The van der Waals surface area contributed by atoms with E-state index in [1.807, 2.05) is 41.9 Å². The molecule has 3 aromatic rings. The third kappa shape index (κ3) is 3.62. The van der Waals surface area contributed by atoms with Crippen LogP contribution < -0.4 is 5.32 Å². The fraction of sp³-hybridized carbons (Fsp3) is 0.143. The Balaban J connectivity index is 1.47. The zero-order valence-electron chi connectivity index (χ0n) is 14.8. The Labute approximate surface area is 157 Å². The standard InChI is InChI=1S/C21H17N5O/c1-26-14-22-13-18(26)6-8-20-19-7-5-15(10-16(19)11-24-20)21(27)25-12-17-4-2-3-9-23-17/h2-5,7,9-10,13-14H,11-12H2,1H3,(H,25,27). The number of imidazole rings is 1. The van der Waals surface area contributed by atoms with Crippen LogP contribution >= 0.6 is 0 Å². The molecule has 1 aliphatic heterocycles.